The molecule has 2 amide bonds. The predicted octanol–water partition coefficient (Wildman–Crippen LogP) is 2.45. The molecule has 5 nitrogen and oxygen atoms in total. The number of rotatable bonds is 6. The van der Waals surface area contributed by atoms with Crippen molar-refractivity contribution in [2.75, 3.05) is 20.3 Å². The van der Waals surface area contributed by atoms with Gasteiger partial charge in [-0.1, -0.05) is 48.0 Å². The lowest BCUT2D eigenvalue weighted by Gasteiger charge is -2.25. The molecule has 0 unspecified atom stereocenters. The molecule has 0 aromatic heterocycles. The van der Waals surface area contributed by atoms with Crippen molar-refractivity contribution in [2.45, 2.75) is 19.5 Å². The molecule has 0 saturated carbocycles. The van der Waals surface area contributed by atoms with Gasteiger partial charge < -0.3 is 15.0 Å². The number of fused-ring (bicyclic) bond motifs is 1. The van der Waals surface area contributed by atoms with Gasteiger partial charge in [0.15, 0.2) is 0 Å². The Labute approximate surface area is 147 Å². The van der Waals surface area contributed by atoms with Crippen LogP contribution in [0.25, 0.3) is 0 Å². The van der Waals surface area contributed by atoms with Gasteiger partial charge in [0, 0.05) is 25.8 Å². The van der Waals surface area contributed by atoms with Crippen molar-refractivity contribution < 1.29 is 14.3 Å². The van der Waals surface area contributed by atoms with E-state index < -0.39 is 6.04 Å². The number of carbonyl (C=O) groups is 2. The van der Waals surface area contributed by atoms with Crippen molar-refractivity contribution in [3.63, 3.8) is 0 Å². The summed E-state index contributed by atoms with van der Waals surface area (Å²) in [5.74, 6) is -0.287. The molecule has 130 valence electrons. The molecule has 5 heteroatoms. The van der Waals surface area contributed by atoms with Gasteiger partial charge in [-0.15, -0.1) is 0 Å². The number of benzene rings is 2. The maximum Gasteiger partial charge on any atom is 0.255 e. The van der Waals surface area contributed by atoms with Crippen LogP contribution in [0.1, 0.15) is 33.1 Å². The Hall–Kier alpha value is -2.66. The van der Waals surface area contributed by atoms with Crippen molar-refractivity contribution >= 4 is 11.8 Å². The third kappa shape index (κ3) is 3.56. The first-order chi connectivity index (χ1) is 12.1. The van der Waals surface area contributed by atoms with Gasteiger partial charge in [0.2, 0.25) is 5.91 Å². The summed E-state index contributed by atoms with van der Waals surface area (Å²) in [6.45, 7) is 3.27. The smallest absolute Gasteiger partial charge is 0.255 e. The number of nitrogens with one attached hydrogen (secondary N) is 1. The zero-order valence-electron chi connectivity index (χ0n) is 14.5. The highest BCUT2D eigenvalue weighted by atomic mass is 16.5. The van der Waals surface area contributed by atoms with Crippen LogP contribution >= 0.6 is 0 Å². The van der Waals surface area contributed by atoms with E-state index in [-0.39, 0.29) is 11.8 Å². The summed E-state index contributed by atoms with van der Waals surface area (Å²) in [7, 11) is 1.59. The third-order valence-electron chi connectivity index (χ3n) is 4.39. The lowest BCUT2D eigenvalue weighted by atomic mass is 10.0. The fraction of sp³-hybridized carbons (Fsp3) is 0.300. The van der Waals surface area contributed by atoms with Gasteiger partial charge in [-0.2, -0.15) is 0 Å². The van der Waals surface area contributed by atoms with Crippen molar-refractivity contribution in [1.29, 1.82) is 0 Å². The highest BCUT2D eigenvalue weighted by molar-refractivity contribution is 6.04. The van der Waals surface area contributed by atoms with Crippen LogP contribution < -0.4 is 5.32 Å². The van der Waals surface area contributed by atoms with E-state index in [4.69, 9.17) is 4.74 Å². The van der Waals surface area contributed by atoms with Crippen LogP contribution in [0.2, 0.25) is 0 Å². The fourth-order valence-corrected chi connectivity index (χ4v) is 3.08. The molecular formula is C20H22N2O3. The van der Waals surface area contributed by atoms with E-state index in [9.17, 15) is 9.59 Å². The van der Waals surface area contributed by atoms with Crippen molar-refractivity contribution in [3.05, 3.63) is 70.8 Å². The highest BCUT2D eigenvalue weighted by Crippen LogP contribution is 2.34. The molecular weight excluding hydrogens is 316 g/mol. The largest absolute Gasteiger partial charge is 0.383 e. The number of hydrogen-bond donors (Lipinski definition) is 1. The van der Waals surface area contributed by atoms with Crippen LogP contribution in [0, 0.1) is 6.92 Å². The minimum absolute atomic E-state index is 0.108. The second kappa shape index (κ2) is 7.49. The molecule has 25 heavy (non-hydrogen) atoms. The average Bonchev–Trinajstić information content (AvgIpc) is 2.90. The topological polar surface area (TPSA) is 58.6 Å². The number of methoxy groups -OCH3 is 1. The van der Waals surface area contributed by atoms with Crippen LogP contribution in [-0.2, 0) is 16.1 Å². The van der Waals surface area contributed by atoms with E-state index in [1.54, 1.807) is 18.1 Å². The number of nitrogens with zero attached hydrogens (tertiary/aromatic N) is 1. The van der Waals surface area contributed by atoms with Crippen molar-refractivity contribution in [2.24, 2.45) is 0 Å². The predicted molar refractivity (Wildman–Crippen MR) is 95.1 cm³/mol. The third-order valence-corrected chi connectivity index (χ3v) is 4.39. The van der Waals surface area contributed by atoms with Gasteiger partial charge >= 0.3 is 0 Å². The van der Waals surface area contributed by atoms with Crippen LogP contribution in [0.5, 0.6) is 0 Å². The standard InChI is InChI=1S/C20H22N2O3/c1-14-7-9-15(10-8-14)13-22-18(19(23)21-11-12-25-2)16-5-3-4-6-17(16)20(22)24/h3-10,18H,11-13H2,1-2H3,(H,21,23)/t18-/m1/s1. The van der Waals surface area contributed by atoms with Gasteiger partial charge in [0.05, 0.1) is 6.61 Å². The minimum Gasteiger partial charge on any atom is -0.383 e. The van der Waals surface area contributed by atoms with Gasteiger partial charge in [0.25, 0.3) is 5.91 Å². The highest BCUT2D eigenvalue weighted by Gasteiger charge is 2.40. The lowest BCUT2D eigenvalue weighted by molar-refractivity contribution is -0.125. The summed E-state index contributed by atoms with van der Waals surface area (Å²) in [4.78, 5) is 27.2. The van der Waals surface area contributed by atoms with Gasteiger partial charge in [-0.05, 0) is 24.1 Å². The van der Waals surface area contributed by atoms with Crippen LogP contribution in [-0.4, -0.2) is 37.0 Å². The maximum atomic E-state index is 12.8. The van der Waals surface area contributed by atoms with Crippen LogP contribution in [0.3, 0.4) is 0 Å². The Bertz CT molecular complexity index is 771. The van der Waals surface area contributed by atoms with E-state index in [1.807, 2.05) is 49.4 Å². The second-order valence-electron chi connectivity index (χ2n) is 6.19. The molecule has 2 aromatic carbocycles. The fourth-order valence-electron chi connectivity index (χ4n) is 3.08. The summed E-state index contributed by atoms with van der Waals surface area (Å²) >= 11 is 0. The number of hydrogen-bond acceptors (Lipinski definition) is 3. The Morgan fingerprint density at radius 1 is 1.16 bits per heavy atom. The summed E-state index contributed by atoms with van der Waals surface area (Å²) in [6.07, 6.45) is 0. The first-order valence-corrected chi connectivity index (χ1v) is 8.34. The molecule has 1 N–H and O–H groups in total. The Kier molecular flexibility index (Phi) is 5.14. The number of aryl methyl sites for hydroxylation is 1. The zero-order chi connectivity index (χ0) is 17.8. The molecule has 1 aliphatic rings. The monoisotopic (exact) mass is 338 g/mol. The Morgan fingerprint density at radius 2 is 1.88 bits per heavy atom. The number of ether oxygens (including phenoxy) is 1. The molecule has 0 saturated heterocycles. The van der Waals surface area contributed by atoms with Crippen molar-refractivity contribution in [1.82, 2.24) is 10.2 Å². The van der Waals surface area contributed by atoms with Crippen LogP contribution in [0.4, 0.5) is 0 Å². The average molecular weight is 338 g/mol. The number of amides is 2. The van der Waals surface area contributed by atoms with E-state index in [2.05, 4.69) is 5.32 Å². The quantitative estimate of drug-likeness (QED) is 0.823. The molecule has 1 atom stereocenters. The summed E-state index contributed by atoms with van der Waals surface area (Å²) in [5, 5.41) is 2.85. The van der Waals surface area contributed by atoms with E-state index >= 15 is 0 Å². The molecule has 1 heterocycles. The zero-order valence-corrected chi connectivity index (χ0v) is 14.5. The first kappa shape index (κ1) is 17.2. The summed E-state index contributed by atoms with van der Waals surface area (Å²) < 4.78 is 4.98. The molecule has 0 spiro atoms. The van der Waals surface area contributed by atoms with Crippen LogP contribution in [0.15, 0.2) is 48.5 Å². The van der Waals surface area contributed by atoms with E-state index in [1.165, 1.54) is 0 Å². The summed E-state index contributed by atoms with van der Waals surface area (Å²) in [5.41, 5.74) is 3.52. The van der Waals surface area contributed by atoms with Gasteiger partial charge in [0.1, 0.15) is 6.04 Å². The van der Waals surface area contributed by atoms with Gasteiger partial charge in [-0.25, -0.2) is 0 Å². The molecule has 0 aliphatic carbocycles. The Morgan fingerprint density at radius 3 is 2.60 bits per heavy atom. The van der Waals surface area contributed by atoms with Gasteiger partial charge in [-0.3, -0.25) is 9.59 Å². The molecule has 0 bridgehead atoms. The molecule has 0 fully saturated rings. The first-order valence-electron chi connectivity index (χ1n) is 8.34. The molecule has 1 aliphatic heterocycles. The molecule has 3 rings (SSSR count). The number of carbonyl (C=O) groups excluding carboxylic acids is 2. The molecule has 0 radical (unpaired) electrons. The SMILES string of the molecule is COCCNC(=O)[C@H]1c2ccccc2C(=O)N1Cc1ccc(C)cc1. The van der Waals surface area contributed by atoms with E-state index in [0.717, 1.165) is 16.7 Å². The molecule has 2 aromatic rings. The summed E-state index contributed by atoms with van der Waals surface area (Å²) in [6, 6.07) is 14.7. The lowest BCUT2D eigenvalue weighted by Crippen LogP contribution is -2.39. The van der Waals surface area contributed by atoms with E-state index in [0.29, 0.717) is 25.3 Å². The maximum absolute atomic E-state index is 12.8. The van der Waals surface area contributed by atoms with Crippen molar-refractivity contribution in [3.8, 4) is 0 Å². The Balaban J connectivity index is 1.87. The normalized spacial score (nSPS) is 16.0. The second-order valence-corrected chi connectivity index (χ2v) is 6.19. The minimum atomic E-state index is -0.609.